The predicted octanol–water partition coefficient (Wildman–Crippen LogP) is 6.03. The highest BCUT2D eigenvalue weighted by molar-refractivity contribution is 7.15. The van der Waals surface area contributed by atoms with Crippen molar-refractivity contribution in [1.82, 2.24) is 9.97 Å². The van der Waals surface area contributed by atoms with Crippen molar-refractivity contribution >= 4 is 33.7 Å². The van der Waals surface area contributed by atoms with Crippen molar-refractivity contribution in [3.05, 3.63) is 74.6 Å². The Bertz CT molecular complexity index is 1250. The maximum absolute atomic E-state index is 12.8. The third-order valence-electron chi connectivity index (χ3n) is 4.79. The number of nitrogens with one attached hydrogen (secondary N) is 1. The lowest BCUT2D eigenvalue weighted by Gasteiger charge is -2.07. The number of anilines is 1. The summed E-state index contributed by atoms with van der Waals surface area (Å²) >= 11 is 2.70. The first kappa shape index (κ1) is 22.0. The summed E-state index contributed by atoms with van der Waals surface area (Å²) in [7, 11) is 1.63. The van der Waals surface area contributed by atoms with E-state index in [1.165, 1.54) is 28.2 Å². The second-order valence-corrected chi connectivity index (χ2v) is 9.26. The highest BCUT2D eigenvalue weighted by Gasteiger charge is 2.18. The van der Waals surface area contributed by atoms with Gasteiger partial charge in [0.25, 0.3) is 5.91 Å². The molecule has 0 fully saturated rings. The van der Waals surface area contributed by atoms with E-state index in [9.17, 15) is 4.79 Å². The third-order valence-corrected chi connectivity index (χ3v) is 6.67. The van der Waals surface area contributed by atoms with Crippen LogP contribution in [0, 0.1) is 20.8 Å². The van der Waals surface area contributed by atoms with Gasteiger partial charge in [-0.2, -0.15) is 0 Å². The largest absolute Gasteiger partial charge is 0.496 e. The molecule has 0 saturated carbocycles. The molecule has 0 aliphatic rings. The maximum Gasteiger partial charge on any atom is 0.269 e. The normalized spacial score (nSPS) is 10.8. The molecule has 0 saturated heterocycles. The molecular formula is C24H23N3O3S2. The lowest BCUT2D eigenvalue weighted by atomic mass is 10.1. The fourth-order valence-corrected chi connectivity index (χ4v) is 4.71. The molecule has 0 spiro atoms. The molecule has 2 aromatic heterocycles. The van der Waals surface area contributed by atoms with Gasteiger partial charge in [0.15, 0.2) is 5.13 Å². The minimum atomic E-state index is -0.223. The van der Waals surface area contributed by atoms with Gasteiger partial charge in [-0.15, -0.1) is 22.7 Å². The molecule has 4 rings (SSSR count). The van der Waals surface area contributed by atoms with Crippen molar-refractivity contribution < 1.29 is 14.3 Å². The lowest BCUT2D eigenvalue weighted by molar-refractivity contribution is 0.103. The minimum absolute atomic E-state index is 0.223. The smallest absolute Gasteiger partial charge is 0.269 e. The van der Waals surface area contributed by atoms with Crippen molar-refractivity contribution in [2.75, 3.05) is 12.4 Å². The number of rotatable bonds is 7. The van der Waals surface area contributed by atoms with Crippen LogP contribution < -0.4 is 14.8 Å². The highest BCUT2D eigenvalue weighted by Crippen LogP contribution is 2.33. The number of hydrogen-bond donors (Lipinski definition) is 1. The second kappa shape index (κ2) is 9.50. The van der Waals surface area contributed by atoms with Crippen molar-refractivity contribution in [3.8, 4) is 22.8 Å². The van der Waals surface area contributed by atoms with E-state index in [0.29, 0.717) is 22.3 Å². The molecule has 2 aromatic carbocycles. The SMILES string of the molecule is COc1ccc(C)cc1-c1csc(NC(=O)c2sc(COc3ccc(C)cc3)nc2C)n1. The molecule has 0 radical (unpaired) electrons. The first-order chi connectivity index (χ1) is 15.4. The number of carbonyl (C=O) groups excluding carboxylic acids is 1. The van der Waals surface area contributed by atoms with Crippen molar-refractivity contribution in [1.29, 1.82) is 0 Å². The molecule has 32 heavy (non-hydrogen) atoms. The van der Waals surface area contributed by atoms with E-state index >= 15 is 0 Å². The van der Waals surface area contributed by atoms with E-state index in [0.717, 1.165) is 33.3 Å². The van der Waals surface area contributed by atoms with E-state index in [1.807, 2.05) is 68.6 Å². The summed E-state index contributed by atoms with van der Waals surface area (Å²) in [5.74, 6) is 1.30. The molecule has 0 bridgehead atoms. The van der Waals surface area contributed by atoms with Crippen LogP contribution in [0.25, 0.3) is 11.3 Å². The maximum atomic E-state index is 12.8. The van der Waals surface area contributed by atoms with Crippen molar-refractivity contribution in [2.24, 2.45) is 0 Å². The van der Waals surface area contributed by atoms with Crippen LogP contribution in [-0.4, -0.2) is 23.0 Å². The van der Waals surface area contributed by atoms with E-state index in [4.69, 9.17) is 9.47 Å². The van der Waals surface area contributed by atoms with Gasteiger partial charge in [0.1, 0.15) is 28.0 Å². The number of thiazole rings is 2. The van der Waals surface area contributed by atoms with Crippen LogP contribution >= 0.6 is 22.7 Å². The number of hydrogen-bond acceptors (Lipinski definition) is 7. The monoisotopic (exact) mass is 465 g/mol. The Morgan fingerprint density at radius 2 is 1.78 bits per heavy atom. The fourth-order valence-electron chi connectivity index (χ4n) is 3.14. The van der Waals surface area contributed by atoms with Crippen LogP contribution in [0.1, 0.15) is 31.5 Å². The summed E-state index contributed by atoms with van der Waals surface area (Å²) in [6, 6.07) is 13.8. The number of nitrogens with zero attached hydrogens (tertiary/aromatic N) is 2. The quantitative estimate of drug-likeness (QED) is 0.361. The van der Waals surface area contributed by atoms with Gasteiger partial charge in [-0.05, 0) is 45.0 Å². The van der Waals surface area contributed by atoms with E-state index in [-0.39, 0.29) is 5.91 Å². The van der Waals surface area contributed by atoms with E-state index in [2.05, 4.69) is 15.3 Å². The Morgan fingerprint density at radius 3 is 2.53 bits per heavy atom. The second-order valence-electron chi connectivity index (χ2n) is 7.32. The number of methoxy groups -OCH3 is 1. The number of carbonyl (C=O) groups is 1. The van der Waals surface area contributed by atoms with Crippen LogP contribution in [0.5, 0.6) is 11.5 Å². The van der Waals surface area contributed by atoms with Crippen LogP contribution in [0.15, 0.2) is 47.8 Å². The van der Waals surface area contributed by atoms with Gasteiger partial charge >= 0.3 is 0 Å². The number of aryl methyl sites for hydroxylation is 3. The zero-order valence-electron chi connectivity index (χ0n) is 18.3. The molecule has 8 heteroatoms. The molecule has 0 unspecified atom stereocenters. The topological polar surface area (TPSA) is 73.3 Å². The highest BCUT2D eigenvalue weighted by atomic mass is 32.1. The molecule has 1 amide bonds. The van der Waals surface area contributed by atoms with Crippen molar-refractivity contribution in [3.63, 3.8) is 0 Å². The summed E-state index contributed by atoms with van der Waals surface area (Å²) in [5, 5.41) is 6.08. The van der Waals surface area contributed by atoms with E-state index in [1.54, 1.807) is 7.11 Å². The van der Waals surface area contributed by atoms with Gasteiger partial charge in [0.05, 0.1) is 18.5 Å². The first-order valence-corrected chi connectivity index (χ1v) is 11.7. The molecule has 0 aliphatic carbocycles. The summed E-state index contributed by atoms with van der Waals surface area (Å²) in [6.07, 6.45) is 0. The Hall–Kier alpha value is -3.23. The number of benzene rings is 2. The Balaban J connectivity index is 1.45. The zero-order valence-corrected chi connectivity index (χ0v) is 19.9. The third kappa shape index (κ3) is 4.98. The lowest BCUT2D eigenvalue weighted by Crippen LogP contribution is -2.11. The van der Waals surface area contributed by atoms with Crippen LogP contribution in [0.4, 0.5) is 5.13 Å². The van der Waals surface area contributed by atoms with Crippen LogP contribution in [0.2, 0.25) is 0 Å². The van der Waals surface area contributed by atoms with E-state index < -0.39 is 0 Å². The summed E-state index contributed by atoms with van der Waals surface area (Å²) in [4.78, 5) is 22.5. The Kier molecular flexibility index (Phi) is 6.53. The van der Waals surface area contributed by atoms with Gasteiger partial charge in [-0.1, -0.05) is 29.3 Å². The van der Waals surface area contributed by atoms with Gasteiger partial charge in [0.2, 0.25) is 0 Å². The average molecular weight is 466 g/mol. The molecule has 0 aliphatic heterocycles. The standard InChI is InChI=1S/C24H23N3O3S2/c1-14-5-8-17(9-6-14)30-12-21-25-16(3)22(32-21)23(28)27-24-26-19(13-31-24)18-11-15(2)7-10-20(18)29-4/h5-11,13H,12H2,1-4H3,(H,26,27,28). The molecular weight excluding hydrogens is 442 g/mol. The Labute approximate surface area is 194 Å². The first-order valence-electron chi connectivity index (χ1n) is 10.0. The molecule has 164 valence electrons. The summed E-state index contributed by atoms with van der Waals surface area (Å²) < 4.78 is 11.2. The minimum Gasteiger partial charge on any atom is -0.496 e. The number of ether oxygens (including phenoxy) is 2. The van der Waals surface area contributed by atoms with Gasteiger partial charge in [-0.3, -0.25) is 10.1 Å². The zero-order chi connectivity index (χ0) is 22.7. The molecule has 1 N–H and O–H groups in total. The molecule has 6 nitrogen and oxygen atoms in total. The fraction of sp³-hybridized carbons (Fsp3) is 0.208. The predicted molar refractivity (Wildman–Crippen MR) is 129 cm³/mol. The number of amides is 1. The summed E-state index contributed by atoms with van der Waals surface area (Å²) in [5.41, 5.74) is 4.62. The van der Waals surface area contributed by atoms with Crippen LogP contribution in [0.3, 0.4) is 0 Å². The van der Waals surface area contributed by atoms with Crippen molar-refractivity contribution in [2.45, 2.75) is 27.4 Å². The van der Waals surface area contributed by atoms with Gasteiger partial charge in [0, 0.05) is 10.9 Å². The average Bonchev–Trinajstić information content (AvgIpc) is 3.39. The molecule has 4 aromatic rings. The van der Waals surface area contributed by atoms with Gasteiger partial charge in [-0.25, -0.2) is 9.97 Å². The summed E-state index contributed by atoms with van der Waals surface area (Å²) in [6.45, 7) is 6.19. The van der Waals surface area contributed by atoms with Crippen LogP contribution in [-0.2, 0) is 6.61 Å². The Morgan fingerprint density at radius 1 is 1.03 bits per heavy atom. The molecule has 2 heterocycles. The number of aromatic nitrogens is 2. The molecule has 0 atom stereocenters. The van der Waals surface area contributed by atoms with Gasteiger partial charge < -0.3 is 9.47 Å².